The number of ketones is 1. The number of rotatable bonds is 2. The van der Waals surface area contributed by atoms with Crippen molar-refractivity contribution in [3.05, 3.63) is 35.4 Å². The average molecular weight is 297 g/mol. The number of esters is 1. The summed E-state index contributed by atoms with van der Waals surface area (Å²) in [6, 6.07) is 7.38. The molecule has 0 saturated heterocycles. The van der Waals surface area contributed by atoms with Crippen LogP contribution in [0.2, 0.25) is 0 Å². The van der Waals surface area contributed by atoms with E-state index < -0.39 is 10.3 Å². The zero-order chi connectivity index (χ0) is 12.5. The van der Waals surface area contributed by atoms with Gasteiger partial charge in [0.2, 0.25) is 0 Å². The van der Waals surface area contributed by atoms with E-state index in [-0.39, 0.29) is 12.4 Å². The molecule has 0 N–H and O–H groups in total. The Morgan fingerprint density at radius 1 is 1.47 bits per heavy atom. The van der Waals surface area contributed by atoms with Gasteiger partial charge in [-0.2, -0.15) is 0 Å². The van der Waals surface area contributed by atoms with E-state index >= 15 is 0 Å². The molecule has 0 fully saturated rings. The lowest BCUT2D eigenvalue weighted by Crippen LogP contribution is -2.45. The molecule has 1 aromatic rings. The summed E-state index contributed by atoms with van der Waals surface area (Å²) in [5.74, 6) is -0.683. The average Bonchev–Trinajstić information content (AvgIpc) is 2.35. The molecule has 0 aromatic heterocycles. The first-order valence-corrected chi connectivity index (χ1v) is 6.37. The third-order valence-electron chi connectivity index (χ3n) is 2.96. The van der Waals surface area contributed by atoms with Crippen LogP contribution in [-0.2, 0) is 16.0 Å². The van der Waals surface area contributed by atoms with Crippen LogP contribution in [0.5, 0.6) is 0 Å². The van der Waals surface area contributed by atoms with Gasteiger partial charge in [-0.05, 0) is 25.3 Å². The van der Waals surface area contributed by atoms with Gasteiger partial charge in [-0.15, -0.1) is 0 Å². The number of aryl methyl sites for hydroxylation is 1. The molecular weight excluding hydrogens is 284 g/mol. The summed E-state index contributed by atoms with van der Waals surface area (Å²) in [4.78, 5) is 24.2. The van der Waals surface area contributed by atoms with E-state index in [0.717, 1.165) is 5.56 Å². The molecule has 2 rings (SSSR count). The van der Waals surface area contributed by atoms with Crippen LogP contribution < -0.4 is 0 Å². The predicted molar refractivity (Wildman–Crippen MR) is 67.4 cm³/mol. The molecule has 0 radical (unpaired) electrons. The SMILES string of the molecule is CCOC(=O)C1(Br)CCc2ccccc2C1=O. The Hall–Kier alpha value is -1.16. The standard InChI is InChI=1S/C13H13BrO3/c1-2-17-12(16)13(14)8-7-9-5-3-4-6-10(9)11(13)15/h3-6H,2,7-8H2,1H3. The van der Waals surface area contributed by atoms with E-state index in [1.165, 1.54) is 0 Å². The number of fused-ring (bicyclic) bond motifs is 1. The second kappa shape index (κ2) is 4.61. The second-order valence-electron chi connectivity index (χ2n) is 4.01. The first-order valence-electron chi connectivity index (χ1n) is 5.58. The second-order valence-corrected chi connectivity index (χ2v) is 5.36. The fraction of sp³-hybridized carbons (Fsp3) is 0.385. The minimum Gasteiger partial charge on any atom is -0.465 e. The van der Waals surface area contributed by atoms with Gasteiger partial charge in [0.25, 0.3) is 0 Å². The van der Waals surface area contributed by atoms with Crippen molar-refractivity contribution in [3.8, 4) is 0 Å². The molecule has 3 nitrogen and oxygen atoms in total. The van der Waals surface area contributed by atoms with Crippen molar-refractivity contribution in [2.75, 3.05) is 6.61 Å². The molecule has 0 spiro atoms. The summed E-state index contributed by atoms with van der Waals surface area (Å²) in [7, 11) is 0. The zero-order valence-electron chi connectivity index (χ0n) is 9.53. The van der Waals surface area contributed by atoms with E-state index in [1.54, 1.807) is 19.1 Å². The number of hydrogen-bond donors (Lipinski definition) is 0. The highest BCUT2D eigenvalue weighted by molar-refractivity contribution is 9.10. The van der Waals surface area contributed by atoms with Crippen molar-refractivity contribution in [3.63, 3.8) is 0 Å². The number of halogens is 1. The molecule has 1 unspecified atom stereocenters. The smallest absolute Gasteiger partial charge is 0.330 e. The summed E-state index contributed by atoms with van der Waals surface area (Å²) in [5, 5.41) is 0. The highest BCUT2D eigenvalue weighted by atomic mass is 79.9. The normalized spacial score (nSPS) is 23.1. The van der Waals surface area contributed by atoms with Gasteiger partial charge in [0.1, 0.15) is 0 Å². The Labute approximate surface area is 108 Å². The van der Waals surface area contributed by atoms with Crippen molar-refractivity contribution in [2.45, 2.75) is 24.1 Å². The van der Waals surface area contributed by atoms with Crippen molar-refractivity contribution in [1.29, 1.82) is 0 Å². The molecule has 1 atom stereocenters. The largest absolute Gasteiger partial charge is 0.465 e. The molecule has 0 heterocycles. The minimum absolute atomic E-state index is 0.196. The molecular formula is C13H13BrO3. The molecule has 0 amide bonds. The van der Waals surface area contributed by atoms with Gasteiger partial charge in [0.05, 0.1) is 6.61 Å². The Kier molecular flexibility index (Phi) is 3.33. The van der Waals surface area contributed by atoms with E-state index in [0.29, 0.717) is 18.4 Å². The third kappa shape index (κ3) is 2.02. The van der Waals surface area contributed by atoms with Gasteiger partial charge in [-0.25, -0.2) is 0 Å². The fourth-order valence-electron chi connectivity index (χ4n) is 2.03. The first kappa shape index (κ1) is 12.3. The van der Waals surface area contributed by atoms with Gasteiger partial charge in [-0.3, -0.25) is 9.59 Å². The van der Waals surface area contributed by atoms with Crippen LogP contribution in [0.3, 0.4) is 0 Å². The van der Waals surface area contributed by atoms with Crippen molar-refractivity contribution in [2.24, 2.45) is 0 Å². The lowest BCUT2D eigenvalue weighted by Gasteiger charge is -2.29. The third-order valence-corrected chi connectivity index (χ3v) is 4.04. The van der Waals surface area contributed by atoms with E-state index in [4.69, 9.17) is 4.74 Å². The number of benzene rings is 1. The van der Waals surface area contributed by atoms with Crippen LogP contribution >= 0.6 is 15.9 Å². The molecule has 0 bridgehead atoms. The van der Waals surface area contributed by atoms with Gasteiger partial charge >= 0.3 is 5.97 Å². The molecule has 4 heteroatoms. The monoisotopic (exact) mass is 296 g/mol. The predicted octanol–water partition coefficient (Wildman–Crippen LogP) is 2.51. The fourth-order valence-corrected chi connectivity index (χ4v) is 2.56. The molecule has 0 saturated carbocycles. The lowest BCUT2D eigenvalue weighted by atomic mass is 9.82. The van der Waals surface area contributed by atoms with Gasteiger partial charge in [-0.1, -0.05) is 40.2 Å². The number of alkyl halides is 1. The molecule has 90 valence electrons. The molecule has 17 heavy (non-hydrogen) atoms. The zero-order valence-corrected chi connectivity index (χ0v) is 11.1. The lowest BCUT2D eigenvalue weighted by molar-refractivity contribution is -0.144. The highest BCUT2D eigenvalue weighted by Gasteiger charge is 2.47. The Bertz CT molecular complexity index is 469. The Morgan fingerprint density at radius 2 is 2.18 bits per heavy atom. The van der Waals surface area contributed by atoms with Crippen LogP contribution in [0.15, 0.2) is 24.3 Å². The topological polar surface area (TPSA) is 43.4 Å². The van der Waals surface area contributed by atoms with Gasteiger partial charge < -0.3 is 4.74 Å². The van der Waals surface area contributed by atoms with Crippen LogP contribution in [0.4, 0.5) is 0 Å². The number of ether oxygens (including phenoxy) is 1. The van der Waals surface area contributed by atoms with Crippen molar-refractivity contribution in [1.82, 2.24) is 0 Å². The summed E-state index contributed by atoms with van der Waals surface area (Å²) >= 11 is 3.27. The maximum Gasteiger partial charge on any atom is 0.330 e. The van der Waals surface area contributed by atoms with Crippen LogP contribution in [0.1, 0.15) is 29.3 Å². The first-order chi connectivity index (χ1) is 8.09. The molecule has 1 aliphatic carbocycles. The summed E-state index contributed by atoms with van der Waals surface area (Å²) in [6.45, 7) is 2.01. The summed E-state index contributed by atoms with van der Waals surface area (Å²) in [5.41, 5.74) is 1.61. The van der Waals surface area contributed by atoms with Crippen LogP contribution in [0, 0.1) is 0 Å². The summed E-state index contributed by atoms with van der Waals surface area (Å²) in [6.07, 6.45) is 1.15. The van der Waals surface area contributed by atoms with Gasteiger partial charge in [0.15, 0.2) is 10.1 Å². The molecule has 0 aliphatic heterocycles. The quantitative estimate of drug-likeness (QED) is 0.478. The van der Waals surface area contributed by atoms with Gasteiger partial charge in [0, 0.05) is 5.56 Å². The van der Waals surface area contributed by atoms with E-state index in [2.05, 4.69) is 15.9 Å². The number of carbonyl (C=O) groups is 2. The number of hydrogen-bond acceptors (Lipinski definition) is 3. The summed E-state index contributed by atoms with van der Waals surface area (Å²) < 4.78 is 3.77. The van der Waals surface area contributed by atoms with Crippen LogP contribution in [-0.4, -0.2) is 22.7 Å². The van der Waals surface area contributed by atoms with Crippen molar-refractivity contribution >= 4 is 27.7 Å². The molecule has 1 aromatic carbocycles. The Morgan fingerprint density at radius 3 is 2.88 bits per heavy atom. The van der Waals surface area contributed by atoms with Crippen LogP contribution in [0.25, 0.3) is 0 Å². The maximum absolute atomic E-state index is 12.3. The number of carbonyl (C=O) groups excluding carboxylic acids is 2. The van der Waals surface area contributed by atoms with Crippen molar-refractivity contribution < 1.29 is 14.3 Å². The van der Waals surface area contributed by atoms with E-state index in [9.17, 15) is 9.59 Å². The number of Topliss-reactive ketones (excluding diaryl/α,β-unsaturated/α-hetero) is 1. The van der Waals surface area contributed by atoms with E-state index in [1.807, 2.05) is 12.1 Å². The highest BCUT2D eigenvalue weighted by Crippen LogP contribution is 2.36. The minimum atomic E-state index is -1.20. The molecule has 1 aliphatic rings. The Balaban J connectivity index is 2.37. The maximum atomic E-state index is 12.3.